The van der Waals surface area contributed by atoms with Gasteiger partial charge in [0.15, 0.2) is 0 Å². The minimum absolute atomic E-state index is 0.352. The summed E-state index contributed by atoms with van der Waals surface area (Å²) in [6.45, 7) is 10.9. The molecular weight excluding hydrogens is 200 g/mol. The molecule has 0 amide bonds. The average Bonchev–Trinajstić information content (AvgIpc) is 2.83. The molecule has 1 unspecified atom stereocenters. The average molecular weight is 224 g/mol. The van der Waals surface area contributed by atoms with Crippen molar-refractivity contribution in [3.8, 4) is 0 Å². The summed E-state index contributed by atoms with van der Waals surface area (Å²) >= 11 is 0. The molecule has 0 aliphatic carbocycles. The lowest BCUT2D eigenvalue weighted by Gasteiger charge is -2.20. The third-order valence-electron chi connectivity index (χ3n) is 3.01. The summed E-state index contributed by atoms with van der Waals surface area (Å²) in [5, 5.41) is 3.54. The minimum atomic E-state index is 0.352. The predicted molar refractivity (Wildman–Crippen MR) is 67.5 cm³/mol. The van der Waals surface area contributed by atoms with Crippen LogP contribution in [0.3, 0.4) is 0 Å². The van der Waals surface area contributed by atoms with Crippen LogP contribution in [0.15, 0.2) is 22.8 Å². The van der Waals surface area contributed by atoms with Crippen LogP contribution >= 0.6 is 0 Å². The van der Waals surface area contributed by atoms with Crippen LogP contribution in [0.4, 0.5) is 0 Å². The second-order valence-corrected chi connectivity index (χ2v) is 3.96. The molecule has 0 aromatic carbocycles. The number of nitrogens with zero attached hydrogens (tertiary/aromatic N) is 1. The molecule has 0 saturated carbocycles. The lowest BCUT2D eigenvalue weighted by Crippen LogP contribution is -2.33. The van der Waals surface area contributed by atoms with Gasteiger partial charge in [0.05, 0.1) is 12.3 Å². The summed E-state index contributed by atoms with van der Waals surface area (Å²) in [4.78, 5) is 2.42. The van der Waals surface area contributed by atoms with Gasteiger partial charge in [-0.3, -0.25) is 0 Å². The first-order valence-corrected chi connectivity index (χ1v) is 6.30. The van der Waals surface area contributed by atoms with Gasteiger partial charge in [-0.1, -0.05) is 20.8 Å². The maximum Gasteiger partial charge on any atom is 0.120 e. The fourth-order valence-electron chi connectivity index (χ4n) is 1.87. The third kappa shape index (κ3) is 3.99. The number of furan rings is 1. The molecule has 1 aromatic heterocycles. The van der Waals surface area contributed by atoms with Crippen molar-refractivity contribution >= 4 is 0 Å². The van der Waals surface area contributed by atoms with E-state index in [0.717, 1.165) is 38.4 Å². The van der Waals surface area contributed by atoms with E-state index in [-0.39, 0.29) is 0 Å². The summed E-state index contributed by atoms with van der Waals surface area (Å²) in [7, 11) is 0. The molecule has 0 fully saturated rings. The fourth-order valence-corrected chi connectivity index (χ4v) is 1.87. The van der Waals surface area contributed by atoms with Crippen LogP contribution in [0.25, 0.3) is 0 Å². The van der Waals surface area contributed by atoms with Crippen LogP contribution < -0.4 is 5.32 Å². The summed E-state index contributed by atoms with van der Waals surface area (Å²) in [6, 6.07) is 4.34. The largest absolute Gasteiger partial charge is 0.468 e. The van der Waals surface area contributed by atoms with E-state index in [1.54, 1.807) is 6.26 Å². The second kappa shape index (κ2) is 7.47. The molecule has 1 atom stereocenters. The van der Waals surface area contributed by atoms with Crippen molar-refractivity contribution < 1.29 is 4.42 Å². The van der Waals surface area contributed by atoms with Gasteiger partial charge < -0.3 is 14.6 Å². The maximum absolute atomic E-state index is 5.42. The van der Waals surface area contributed by atoms with Crippen molar-refractivity contribution in [2.45, 2.75) is 33.2 Å². The fraction of sp³-hybridized carbons (Fsp3) is 0.692. The summed E-state index contributed by atoms with van der Waals surface area (Å²) in [6.07, 6.45) is 2.80. The first-order valence-electron chi connectivity index (χ1n) is 6.30. The second-order valence-electron chi connectivity index (χ2n) is 3.96. The zero-order valence-electron chi connectivity index (χ0n) is 10.7. The van der Waals surface area contributed by atoms with Gasteiger partial charge in [0.25, 0.3) is 0 Å². The lowest BCUT2D eigenvalue weighted by molar-refractivity contribution is 0.290. The highest BCUT2D eigenvalue weighted by atomic mass is 16.3. The number of likely N-dealkylation sites (N-methyl/N-ethyl adjacent to an activating group) is 1. The first-order chi connectivity index (χ1) is 7.81. The van der Waals surface area contributed by atoms with Gasteiger partial charge in [-0.05, 0) is 31.6 Å². The molecular formula is C13H24N2O. The first kappa shape index (κ1) is 13.3. The molecule has 0 radical (unpaired) electrons. The topological polar surface area (TPSA) is 28.4 Å². The van der Waals surface area contributed by atoms with Gasteiger partial charge >= 0.3 is 0 Å². The highest BCUT2D eigenvalue weighted by Crippen LogP contribution is 2.16. The van der Waals surface area contributed by atoms with E-state index in [1.807, 2.05) is 12.1 Å². The Hall–Kier alpha value is -0.800. The van der Waals surface area contributed by atoms with Gasteiger partial charge in [-0.2, -0.15) is 0 Å². The van der Waals surface area contributed by atoms with Crippen molar-refractivity contribution in [3.63, 3.8) is 0 Å². The van der Waals surface area contributed by atoms with Crippen LogP contribution in [0.5, 0.6) is 0 Å². The molecule has 3 nitrogen and oxygen atoms in total. The van der Waals surface area contributed by atoms with Crippen LogP contribution in [0.2, 0.25) is 0 Å². The zero-order valence-corrected chi connectivity index (χ0v) is 10.7. The van der Waals surface area contributed by atoms with Gasteiger partial charge in [0.1, 0.15) is 5.76 Å². The highest BCUT2D eigenvalue weighted by Gasteiger charge is 2.10. The monoisotopic (exact) mass is 224 g/mol. The molecule has 1 aromatic rings. The van der Waals surface area contributed by atoms with Crippen LogP contribution in [-0.2, 0) is 0 Å². The zero-order chi connectivity index (χ0) is 11.8. The van der Waals surface area contributed by atoms with E-state index in [4.69, 9.17) is 4.42 Å². The quantitative estimate of drug-likeness (QED) is 0.736. The Balaban J connectivity index is 2.30. The lowest BCUT2D eigenvalue weighted by atomic mass is 10.2. The molecule has 0 aliphatic rings. The molecule has 0 spiro atoms. The van der Waals surface area contributed by atoms with Gasteiger partial charge in [0.2, 0.25) is 0 Å². The van der Waals surface area contributed by atoms with E-state index in [9.17, 15) is 0 Å². The SMILES string of the molecule is CCC(NCCN(CC)CC)c1ccco1. The third-order valence-corrected chi connectivity index (χ3v) is 3.01. The van der Waals surface area contributed by atoms with Crippen molar-refractivity contribution in [1.29, 1.82) is 0 Å². The Labute approximate surface area is 98.8 Å². The van der Waals surface area contributed by atoms with Crippen LogP contribution in [0.1, 0.15) is 39.0 Å². The molecule has 16 heavy (non-hydrogen) atoms. The number of hydrogen-bond acceptors (Lipinski definition) is 3. The molecule has 0 bridgehead atoms. The van der Waals surface area contributed by atoms with Crippen molar-refractivity contribution in [1.82, 2.24) is 10.2 Å². The van der Waals surface area contributed by atoms with E-state index >= 15 is 0 Å². The Bertz CT molecular complexity index is 255. The number of rotatable bonds is 8. The van der Waals surface area contributed by atoms with Crippen molar-refractivity contribution in [2.24, 2.45) is 0 Å². The van der Waals surface area contributed by atoms with Crippen LogP contribution in [0, 0.1) is 0 Å². The van der Waals surface area contributed by atoms with E-state index in [0.29, 0.717) is 6.04 Å². The molecule has 3 heteroatoms. The Kier molecular flexibility index (Phi) is 6.19. The van der Waals surface area contributed by atoms with Gasteiger partial charge in [0, 0.05) is 13.1 Å². The molecule has 1 heterocycles. The molecule has 92 valence electrons. The van der Waals surface area contributed by atoms with Crippen molar-refractivity contribution in [2.75, 3.05) is 26.2 Å². The molecule has 1 N–H and O–H groups in total. The van der Waals surface area contributed by atoms with E-state index in [1.165, 1.54) is 0 Å². The van der Waals surface area contributed by atoms with E-state index < -0.39 is 0 Å². The molecule has 0 saturated heterocycles. The summed E-state index contributed by atoms with van der Waals surface area (Å²) in [5.74, 6) is 1.04. The normalized spacial score (nSPS) is 13.2. The van der Waals surface area contributed by atoms with Crippen molar-refractivity contribution in [3.05, 3.63) is 24.2 Å². The van der Waals surface area contributed by atoms with E-state index in [2.05, 4.69) is 31.0 Å². The summed E-state index contributed by atoms with van der Waals surface area (Å²) < 4.78 is 5.42. The van der Waals surface area contributed by atoms with Crippen LogP contribution in [-0.4, -0.2) is 31.1 Å². The molecule has 1 rings (SSSR count). The van der Waals surface area contributed by atoms with Gasteiger partial charge in [-0.15, -0.1) is 0 Å². The summed E-state index contributed by atoms with van der Waals surface area (Å²) in [5.41, 5.74) is 0. The Morgan fingerprint density at radius 2 is 2.06 bits per heavy atom. The number of nitrogens with one attached hydrogen (secondary N) is 1. The minimum Gasteiger partial charge on any atom is -0.468 e. The standard InChI is InChI=1S/C13H24N2O/c1-4-12(13-8-7-11-16-13)14-9-10-15(5-2)6-3/h7-8,11-12,14H,4-6,9-10H2,1-3H3. The Morgan fingerprint density at radius 3 is 2.56 bits per heavy atom. The Morgan fingerprint density at radius 1 is 1.31 bits per heavy atom. The maximum atomic E-state index is 5.42. The highest BCUT2D eigenvalue weighted by molar-refractivity contribution is 5.03. The number of hydrogen-bond donors (Lipinski definition) is 1. The molecule has 0 aliphatic heterocycles. The smallest absolute Gasteiger partial charge is 0.120 e. The predicted octanol–water partition coefficient (Wildman–Crippen LogP) is 2.66. The van der Waals surface area contributed by atoms with Gasteiger partial charge in [-0.25, -0.2) is 0 Å².